The number of carbonyl (C=O) groups is 1. The van der Waals surface area contributed by atoms with Gasteiger partial charge in [0.15, 0.2) is 6.10 Å². The molecule has 0 aliphatic carbocycles. The molecule has 2 aliphatic rings. The highest BCUT2D eigenvalue weighted by molar-refractivity contribution is 5.87. The van der Waals surface area contributed by atoms with Crippen LogP contribution >= 0.6 is 0 Å². The van der Waals surface area contributed by atoms with Gasteiger partial charge in [0.05, 0.1) is 29.0 Å². The Balaban J connectivity index is 1.80. The van der Waals surface area contributed by atoms with E-state index >= 15 is 0 Å². The number of cyclic esters (lactones) is 1. The molecule has 3 aromatic rings. The summed E-state index contributed by atoms with van der Waals surface area (Å²) in [5.74, 6) is -0.725. The number of hydrogen-bond donors (Lipinski definition) is 1. The maximum absolute atomic E-state index is 12.8. The molecule has 5 rings (SSSR count). The number of aliphatic hydroxyl groups is 1. The van der Waals surface area contributed by atoms with E-state index in [1.165, 1.54) is 0 Å². The fraction of sp³-hybridized carbons (Fsp3) is 0.211. The van der Waals surface area contributed by atoms with Gasteiger partial charge in [-0.15, -0.1) is 0 Å². The summed E-state index contributed by atoms with van der Waals surface area (Å²) in [6.45, 7) is 2.36. The van der Waals surface area contributed by atoms with Crippen LogP contribution < -0.4 is 5.56 Å². The lowest BCUT2D eigenvalue weighted by atomic mass is 10.00. The normalized spacial score (nSPS) is 17.8. The van der Waals surface area contributed by atoms with E-state index in [4.69, 9.17) is 9.72 Å². The molecule has 124 valence electrons. The highest BCUT2D eigenvalue weighted by Gasteiger charge is 2.33. The molecule has 2 aliphatic heterocycles. The second-order valence-corrected chi connectivity index (χ2v) is 6.50. The summed E-state index contributed by atoms with van der Waals surface area (Å²) < 4.78 is 6.53. The number of nitrogens with zero attached hydrogens (tertiary/aromatic N) is 2. The Morgan fingerprint density at radius 3 is 2.96 bits per heavy atom. The van der Waals surface area contributed by atoms with Crippen molar-refractivity contribution >= 4 is 16.9 Å². The largest absolute Gasteiger partial charge is 0.458 e. The first-order valence-corrected chi connectivity index (χ1v) is 8.05. The van der Waals surface area contributed by atoms with E-state index < -0.39 is 12.1 Å². The molecule has 0 bridgehead atoms. The number of pyridine rings is 2. The molecule has 0 fully saturated rings. The summed E-state index contributed by atoms with van der Waals surface area (Å²) in [4.78, 5) is 29.2. The summed E-state index contributed by atoms with van der Waals surface area (Å²) in [5, 5.41) is 11.2. The van der Waals surface area contributed by atoms with Crippen LogP contribution in [-0.4, -0.2) is 20.6 Å². The van der Waals surface area contributed by atoms with E-state index in [1.54, 1.807) is 10.6 Å². The smallest absolute Gasteiger partial charge is 0.340 e. The summed E-state index contributed by atoms with van der Waals surface area (Å²) in [6.07, 6.45) is -1.42. The standard InChI is InChI=1S/C19H14N2O4/c1-9-3-2-4-14-11(9)5-10-7-21-15(16(10)20-14)6-12-13(18(21)23)8-25-19(24)17(12)22/h2-6,17,22H,7-8H2,1H3. The van der Waals surface area contributed by atoms with E-state index in [2.05, 4.69) is 6.07 Å². The zero-order valence-electron chi connectivity index (χ0n) is 13.4. The fourth-order valence-electron chi connectivity index (χ4n) is 3.70. The molecule has 1 N–H and O–H groups in total. The van der Waals surface area contributed by atoms with Gasteiger partial charge in [0, 0.05) is 16.5 Å². The Morgan fingerprint density at radius 2 is 2.12 bits per heavy atom. The van der Waals surface area contributed by atoms with Gasteiger partial charge in [-0.3, -0.25) is 4.79 Å². The molecule has 0 spiro atoms. The summed E-state index contributed by atoms with van der Waals surface area (Å²) in [5.41, 5.74) is 4.74. The van der Waals surface area contributed by atoms with Gasteiger partial charge < -0.3 is 14.4 Å². The Kier molecular flexibility index (Phi) is 2.74. The van der Waals surface area contributed by atoms with Crippen LogP contribution in [0, 0.1) is 6.92 Å². The number of aliphatic hydroxyl groups excluding tert-OH is 1. The van der Waals surface area contributed by atoms with Crippen LogP contribution in [0.2, 0.25) is 0 Å². The molecular formula is C19H14N2O4. The number of esters is 1. The quantitative estimate of drug-likeness (QED) is 0.496. The number of aromatic nitrogens is 2. The predicted molar refractivity (Wildman–Crippen MR) is 90.0 cm³/mol. The van der Waals surface area contributed by atoms with Crippen molar-refractivity contribution in [3.63, 3.8) is 0 Å². The minimum atomic E-state index is -1.42. The van der Waals surface area contributed by atoms with Crippen molar-refractivity contribution in [2.75, 3.05) is 0 Å². The average Bonchev–Trinajstić information content (AvgIpc) is 2.96. The predicted octanol–water partition coefficient (Wildman–Crippen LogP) is 1.82. The van der Waals surface area contributed by atoms with Gasteiger partial charge in [-0.2, -0.15) is 0 Å². The van der Waals surface area contributed by atoms with Crippen molar-refractivity contribution in [3.05, 3.63) is 62.9 Å². The average molecular weight is 334 g/mol. The van der Waals surface area contributed by atoms with Gasteiger partial charge >= 0.3 is 5.97 Å². The van der Waals surface area contributed by atoms with E-state index in [9.17, 15) is 14.7 Å². The second-order valence-electron chi connectivity index (χ2n) is 6.50. The Morgan fingerprint density at radius 1 is 1.28 bits per heavy atom. The maximum Gasteiger partial charge on any atom is 0.340 e. The van der Waals surface area contributed by atoms with Crippen molar-refractivity contribution in [2.24, 2.45) is 0 Å². The number of fused-ring (bicyclic) bond motifs is 5. The van der Waals surface area contributed by atoms with E-state index in [0.29, 0.717) is 23.4 Å². The fourth-order valence-corrected chi connectivity index (χ4v) is 3.70. The lowest BCUT2D eigenvalue weighted by molar-refractivity contribution is -0.157. The maximum atomic E-state index is 12.8. The van der Waals surface area contributed by atoms with Gasteiger partial charge in [-0.25, -0.2) is 9.78 Å². The van der Waals surface area contributed by atoms with Crippen LogP contribution in [0.3, 0.4) is 0 Å². The number of hydrogen-bond acceptors (Lipinski definition) is 5. The highest BCUT2D eigenvalue weighted by Crippen LogP contribution is 2.35. The first kappa shape index (κ1) is 14.4. The monoisotopic (exact) mass is 334 g/mol. The number of ether oxygens (including phenoxy) is 1. The molecule has 1 atom stereocenters. The molecule has 6 heteroatoms. The third-order valence-corrected chi connectivity index (χ3v) is 5.04. The molecule has 0 amide bonds. The van der Waals surface area contributed by atoms with Gasteiger partial charge in [-0.05, 0) is 30.7 Å². The molecule has 4 heterocycles. The molecular weight excluding hydrogens is 320 g/mol. The van der Waals surface area contributed by atoms with E-state index in [-0.39, 0.29) is 12.2 Å². The van der Waals surface area contributed by atoms with Gasteiger partial charge in [-0.1, -0.05) is 12.1 Å². The van der Waals surface area contributed by atoms with Crippen molar-refractivity contribution in [1.82, 2.24) is 9.55 Å². The van der Waals surface area contributed by atoms with Crippen LogP contribution in [0.5, 0.6) is 0 Å². The third kappa shape index (κ3) is 1.85. The molecule has 1 aromatic carbocycles. The topological polar surface area (TPSA) is 81.4 Å². The van der Waals surface area contributed by atoms with Crippen LogP contribution in [0.1, 0.15) is 28.4 Å². The van der Waals surface area contributed by atoms with E-state index in [0.717, 1.165) is 27.7 Å². The molecule has 0 radical (unpaired) electrons. The van der Waals surface area contributed by atoms with Crippen molar-refractivity contribution in [2.45, 2.75) is 26.2 Å². The molecule has 25 heavy (non-hydrogen) atoms. The Hall–Kier alpha value is -2.99. The van der Waals surface area contributed by atoms with Crippen LogP contribution in [0.25, 0.3) is 22.3 Å². The Labute approximate surface area is 142 Å². The van der Waals surface area contributed by atoms with Gasteiger partial charge in [0.2, 0.25) is 0 Å². The molecule has 2 aromatic heterocycles. The third-order valence-electron chi connectivity index (χ3n) is 5.04. The molecule has 1 unspecified atom stereocenters. The molecule has 0 saturated heterocycles. The zero-order valence-corrected chi connectivity index (χ0v) is 13.4. The molecule has 6 nitrogen and oxygen atoms in total. The minimum absolute atomic E-state index is 0.102. The van der Waals surface area contributed by atoms with Crippen molar-refractivity contribution in [1.29, 1.82) is 0 Å². The minimum Gasteiger partial charge on any atom is -0.458 e. The highest BCUT2D eigenvalue weighted by atomic mass is 16.5. The Bertz CT molecular complexity index is 1150. The first-order valence-electron chi connectivity index (χ1n) is 8.05. The second kappa shape index (κ2) is 4.77. The number of carbonyl (C=O) groups excluding carboxylic acids is 1. The lowest BCUT2D eigenvalue weighted by Gasteiger charge is -2.21. The van der Waals surface area contributed by atoms with Crippen LogP contribution in [0.15, 0.2) is 35.1 Å². The lowest BCUT2D eigenvalue weighted by Crippen LogP contribution is -2.32. The molecule has 0 saturated carbocycles. The van der Waals surface area contributed by atoms with Crippen LogP contribution in [-0.2, 0) is 22.7 Å². The number of aryl methyl sites for hydroxylation is 1. The summed E-state index contributed by atoms with van der Waals surface area (Å²) in [7, 11) is 0. The SMILES string of the molecule is Cc1cccc2nc3c(cc12)Cn1c-3cc2c(c1=O)COC(=O)C2O. The van der Waals surface area contributed by atoms with Crippen LogP contribution in [0.4, 0.5) is 0 Å². The summed E-state index contributed by atoms with van der Waals surface area (Å²) >= 11 is 0. The van der Waals surface area contributed by atoms with Crippen molar-refractivity contribution < 1.29 is 14.6 Å². The van der Waals surface area contributed by atoms with Gasteiger partial charge in [0.25, 0.3) is 5.56 Å². The number of rotatable bonds is 0. The summed E-state index contributed by atoms with van der Waals surface area (Å²) in [6, 6.07) is 9.68. The first-order chi connectivity index (χ1) is 12.0. The number of benzene rings is 1. The zero-order chi connectivity index (χ0) is 17.3. The van der Waals surface area contributed by atoms with E-state index in [1.807, 2.05) is 25.1 Å². The van der Waals surface area contributed by atoms with Gasteiger partial charge in [0.1, 0.15) is 6.61 Å². The van der Waals surface area contributed by atoms with Crippen molar-refractivity contribution in [3.8, 4) is 11.4 Å².